The second-order valence-corrected chi connectivity index (χ2v) is 8.18. The lowest BCUT2D eigenvalue weighted by molar-refractivity contribution is 0.102. The first-order chi connectivity index (χ1) is 13.1. The van der Waals surface area contributed by atoms with Crippen molar-refractivity contribution >= 4 is 56.5 Å². The molecule has 0 aliphatic heterocycles. The molecular weight excluding hydrogens is 396 g/mol. The van der Waals surface area contributed by atoms with Crippen LogP contribution >= 0.6 is 34.7 Å². The van der Waals surface area contributed by atoms with E-state index in [0.29, 0.717) is 16.3 Å². The maximum absolute atomic E-state index is 12.6. The van der Waals surface area contributed by atoms with Crippen molar-refractivity contribution in [2.75, 3.05) is 11.6 Å². The highest BCUT2D eigenvalue weighted by Gasteiger charge is 2.12. The summed E-state index contributed by atoms with van der Waals surface area (Å²) < 4.78 is 1.14. The minimum atomic E-state index is -0.228. The van der Waals surface area contributed by atoms with Crippen LogP contribution in [0.3, 0.4) is 0 Å². The number of para-hydroxylation sites is 1. The number of halogens is 1. The van der Waals surface area contributed by atoms with Crippen LogP contribution in [0.25, 0.3) is 20.8 Å². The number of thioether (sulfide) groups is 1. The Morgan fingerprint density at radius 2 is 1.93 bits per heavy atom. The average molecular weight is 411 g/mol. The number of hydrogen-bond acceptors (Lipinski definition) is 4. The van der Waals surface area contributed by atoms with Gasteiger partial charge in [-0.05, 0) is 48.7 Å². The van der Waals surface area contributed by atoms with Gasteiger partial charge in [0.05, 0.1) is 20.8 Å². The van der Waals surface area contributed by atoms with E-state index in [-0.39, 0.29) is 5.91 Å². The molecule has 1 heterocycles. The molecule has 27 heavy (non-hydrogen) atoms. The Hall–Kier alpha value is -2.34. The summed E-state index contributed by atoms with van der Waals surface area (Å²) >= 11 is 9.48. The summed E-state index contributed by atoms with van der Waals surface area (Å²) in [5, 5.41) is 4.30. The number of hydrogen-bond donors (Lipinski definition) is 1. The predicted octanol–water partition coefficient (Wildman–Crippen LogP) is 6.59. The monoisotopic (exact) mass is 410 g/mol. The van der Waals surface area contributed by atoms with Crippen LogP contribution in [0, 0.1) is 0 Å². The quantitative estimate of drug-likeness (QED) is 0.386. The molecule has 0 bridgehead atoms. The van der Waals surface area contributed by atoms with Crippen LogP contribution in [0.5, 0.6) is 0 Å². The molecule has 134 valence electrons. The van der Waals surface area contributed by atoms with Gasteiger partial charge in [-0.15, -0.1) is 23.1 Å². The van der Waals surface area contributed by atoms with E-state index in [1.54, 1.807) is 35.2 Å². The highest BCUT2D eigenvalue weighted by atomic mass is 35.5. The first-order valence-electron chi connectivity index (χ1n) is 8.25. The number of benzene rings is 3. The van der Waals surface area contributed by atoms with Crippen molar-refractivity contribution in [2.24, 2.45) is 0 Å². The molecule has 0 aliphatic carbocycles. The SMILES string of the molecule is CSc1ccc(C(=O)Nc2cccc(-c3nc4ccccc4s3)c2)c(Cl)c1. The molecule has 4 rings (SSSR count). The lowest BCUT2D eigenvalue weighted by Crippen LogP contribution is -2.12. The molecule has 0 saturated heterocycles. The fourth-order valence-electron chi connectivity index (χ4n) is 2.73. The molecule has 4 aromatic rings. The Bertz CT molecular complexity index is 1110. The van der Waals surface area contributed by atoms with Gasteiger partial charge < -0.3 is 5.32 Å². The number of aromatic nitrogens is 1. The van der Waals surface area contributed by atoms with Crippen LogP contribution in [0.15, 0.2) is 71.6 Å². The smallest absolute Gasteiger partial charge is 0.257 e. The number of carbonyl (C=O) groups excluding carboxylic acids is 1. The van der Waals surface area contributed by atoms with Crippen LogP contribution < -0.4 is 5.32 Å². The molecule has 0 spiro atoms. The summed E-state index contributed by atoms with van der Waals surface area (Å²) in [6.45, 7) is 0. The Morgan fingerprint density at radius 1 is 1.07 bits per heavy atom. The number of amides is 1. The van der Waals surface area contributed by atoms with Gasteiger partial charge in [0.15, 0.2) is 0 Å². The van der Waals surface area contributed by atoms with E-state index in [2.05, 4.69) is 16.4 Å². The van der Waals surface area contributed by atoms with Gasteiger partial charge in [-0.1, -0.05) is 35.9 Å². The van der Waals surface area contributed by atoms with Crippen molar-refractivity contribution in [1.29, 1.82) is 0 Å². The molecule has 3 nitrogen and oxygen atoms in total. The van der Waals surface area contributed by atoms with E-state index in [9.17, 15) is 4.79 Å². The van der Waals surface area contributed by atoms with Crippen molar-refractivity contribution in [3.63, 3.8) is 0 Å². The van der Waals surface area contributed by atoms with Crippen LogP contribution in [0.4, 0.5) is 5.69 Å². The van der Waals surface area contributed by atoms with Crippen molar-refractivity contribution in [3.05, 3.63) is 77.3 Å². The largest absolute Gasteiger partial charge is 0.322 e. The van der Waals surface area contributed by atoms with Crippen molar-refractivity contribution in [3.8, 4) is 10.6 Å². The maximum Gasteiger partial charge on any atom is 0.257 e. The lowest BCUT2D eigenvalue weighted by atomic mass is 10.1. The molecule has 0 unspecified atom stereocenters. The molecule has 0 aliphatic rings. The van der Waals surface area contributed by atoms with Crippen molar-refractivity contribution in [1.82, 2.24) is 4.98 Å². The minimum Gasteiger partial charge on any atom is -0.322 e. The number of thiazole rings is 1. The van der Waals surface area contributed by atoms with Gasteiger partial charge in [0.2, 0.25) is 0 Å². The third-order valence-electron chi connectivity index (χ3n) is 4.08. The summed E-state index contributed by atoms with van der Waals surface area (Å²) in [5.74, 6) is -0.228. The predicted molar refractivity (Wildman–Crippen MR) is 116 cm³/mol. The van der Waals surface area contributed by atoms with E-state index < -0.39 is 0 Å². The van der Waals surface area contributed by atoms with Gasteiger partial charge in [0.1, 0.15) is 5.01 Å². The van der Waals surface area contributed by atoms with Crippen LogP contribution in [0.1, 0.15) is 10.4 Å². The Balaban J connectivity index is 1.60. The number of anilines is 1. The molecular formula is C21H15ClN2OS2. The molecule has 1 aromatic heterocycles. The normalized spacial score (nSPS) is 10.9. The Labute approximate surface area is 170 Å². The first-order valence-corrected chi connectivity index (χ1v) is 10.7. The van der Waals surface area contributed by atoms with Gasteiger partial charge in [0.25, 0.3) is 5.91 Å². The van der Waals surface area contributed by atoms with E-state index in [4.69, 9.17) is 11.6 Å². The lowest BCUT2D eigenvalue weighted by Gasteiger charge is -2.09. The van der Waals surface area contributed by atoms with E-state index in [0.717, 1.165) is 25.7 Å². The number of carbonyl (C=O) groups is 1. The zero-order chi connectivity index (χ0) is 18.8. The van der Waals surface area contributed by atoms with Gasteiger partial charge in [-0.25, -0.2) is 4.98 Å². The second kappa shape index (κ2) is 7.72. The number of rotatable bonds is 4. The summed E-state index contributed by atoms with van der Waals surface area (Å²) in [5.41, 5.74) is 3.12. The fraction of sp³-hybridized carbons (Fsp3) is 0.0476. The summed E-state index contributed by atoms with van der Waals surface area (Å²) in [6, 6.07) is 21.2. The highest BCUT2D eigenvalue weighted by molar-refractivity contribution is 7.98. The zero-order valence-corrected chi connectivity index (χ0v) is 16.8. The van der Waals surface area contributed by atoms with Gasteiger partial charge in [0, 0.05) is 16.1 Å². The third-order valence-corrected chi connectivity index (χ3v) is 6.21. The zero-order valence-electron chi connectivity index (χ0n) is 14.4. The minimum absolute atomic E-state index is 0.228. The van der Waals surface area contributed by atoms with Crippen LogP contribution in [-0.4, -0.2) is 17.1 Å². The highest BCUT2D eigenvalue weighted by Crippen LogP contribution is 2.31. The average Bonchev–Trinajstić information content (AvgIpc) is 3.12. The fourth-order valence-corrected chi connectivity index (χ4v) is 4.46. The Morgan fingerprint density at radius 3 is 2.70 bits per heavy atom. The molecule has 0 radical (unpaired) electrons. The maximum atomic E-state index is 12.6. The summed E-state index contributed by atoms with van der Waals surface area (Å²) in [6.07, 6.45) is 1.97. The summed E-state index contributed by atoms with van der Waals surface area (Å²) in [4.78, 5) is 18.3. The number of nitrogens with zero attached hydrogens (tertiary/aromatic N) is 1. The molecule has 1 amide bonds. The molecule has 0 fully saturated rings. The summed E-state index contributed by atoms with van der Waals surface area (Å²) in [7, 11) is 0. The molecule has 0 atom stereocenters. The number of fused-ring (bicyclic) bond motifs is 1. The van der Waals surface area contributed by atoms with Crippen LogP contribution in [-0.2, 0) is 0 Å². The molecule has 6 heteroatoms. The van der Waals surface area contributed by atoms with E-state index >= 15 is 0 Å². The molecule has 0 saturated carbocycles. The van der Waals surface area contributed by atoms with Crippen molar-refractivity contribution < 1.29 is 4.79 Å². The number of nitrogens with one attached hydrogen (secondary N) is 1. The Kier molecular flexibility index (Phi) is 5.16. The van der Waals surface area contributed by atoms with E-state index in [1.165, 1.54) is 0 Å². The topological polar surface area (TPSA) is 42.0 Å². The molecule has 3 aromatic carbocycles. The molecule has 1 N–H and O–H groups in total. The van der Waals surface area contributed by atoms with Crippen molar-refractivity contribution in [2.45, 2.75) is 4.90 Å². The second-order valence-electron chi connectivity index (χ2n) is 5.87. The van der Waals surface area contributed by atoms with Crippen LogP contribution in [0.2, 0.25) is 5.02 Å². The van der Waals surface area contributed by atoms with Gasteiger partial charge in [-0.2, -0.15) is 0 Å². The first kappa shape index (κ1) is 18.0. The van der Waals surface area contributed by atoms with E-state index in [1.807, 2.05) is 54.8 Å². The third kappa shape index (κ3) is 3.86. The van der Waals surface area contributed by atoms with Gasteiger partial charge >= 0.3 is 0 Å². The van der Waals surface area contributed by atoms with Gasteiger partial charge in [-0.3, -0.25) is 4.79 Å². The standard InChI is InChI=1S/C21H15ClN2OS2/c1-26-15-9-10-16(17(22)12-15)20(25)23-14-6-4-5-13(11-14)21-24-18-7-2-3-8-19(18)27-21/h2-12H,1H3,(H,23,25).